The molecule has 0 saturated carbocycles. The van der Waals surface area contributed by atoms with Gasteiger partial charge in [0, 0.05) is 5.56 Å². The first-order chi connectivity index (χ1) is 6.45. The molecule has 0 spiro atoms. The zero-order valence-corrected chi connectivity index (χ0v) is 7.74. The first-order valence-electron chi connectivity index (χ1n) is 4.15. The number of hydrogen-bond acceptors (Lipinski definition) is 4. The Labute approximate surface area is 81.0 Å². The van der Waals surface area contributed by atoms with E-state index in [2.05, 4.69) is 0 Å². The van der Waals surface area contributed by atoms with Crippen molar-refractivity contribution in [1.29, 1.82) is 0 Å². The molecule has 14 heavy (non-hydrogen) atoms. The van der Waals surface area contributed by atoms with Crippen LogP contribution in [0.5, 0.6) is 5.75 Å². The lowest BCUT2D eigenvalue weighted by Crippen LogP contribution is -2.23. The van der Waals surface area contributed by atoms with E-state index in [0.29, 0.717) is 0 Å². The molecule has 78 valence electrons. The van der Waals surface area contributed by atoms with Crippen molar-refractivity contribution in [3.05, 3.63) is 23.5 Å². The summed E-state index contributed by atoms with van der Waals surface area (Å²) in [6, 6.07) is 1.63. The van der Waals surface area contributed by atoms with Gasteiger partial charge in [-0.15, -0.1) is 0 Å². The van der Waals surface area contributed by atoms with Crippen LogP contribution >= 0.6 is 0 Å². The third kappa shape index (κ3) is 1.78. The van der Waals surface area contributed by atoms with Crippen molar-refractivity contribution in [2.45, 2.75) is 19.1 Å². The molecule has 2 atom stereocenters. The van der Waals surface area contributed by atoms with Crippen molar-refractivity contribution in [3.8, 4) is 5.75 Å². The zero-order chi connectivity index (χ0) is 10.9. The van der Waals surface area contributed by atoms with Crippen molar-refractivity contribution < 1.29 is 14.6 Å². The monoisotopic (exact) mass is 200 g/mol. The summed E-state index contributed by atoms with van der Waals surface area (Å²) in [5.74, 6) is -1.11. The molecule has 6 N–H and O–H groups in total. The van der Waals surface area contributed by atoms with Crippen molar-refractivity contribution in [2.24, 2.45) is 5.73 Å². The van der Waals surface area contributed by atoms with E-state index < -0.39 is 23.7 Å². The van der Waals surface area contributed by atoms with E-state index in [1.807, 2.05) is 0 Å². The predicted molar refractivity (Wildman–Crippen MR) is 51.1 cm³/mol. The highest BCUT2D eigenvalue weighted by Crippen LogP contribution is 2.32. The van der Waals surface area contributed by atoms with Crippen LogP contribution in [0.15, 0.2) is 12.1 Å². The van der Waals surface area contributed by atoms with Gasteiger partial charge in [0.2, 0.25) is 0 Å². The average Bonchev–Trinajstić information content (AvgIpc) is 2.13. The van der Waals surface area contributed by atoms with Crippen LogP contribution in [0.25, 0.3) is 0 Å². The van der Waals surface area contributed by atoms with Crippen LogP contribution in [-0.2, 0) is 0 Å². The van der Waals surface area contributed by atoms with Crippen molar-refractivity contribution in [2.75, 3.05) is 5.73 Å². The number of nitrogen functional groups attached to an aromatic ring is 1. The Morgan fingerprint density at radius 1 is 1.43 bits per heavy atom. The highest BCUT2D eigenvalue weighted by molar-refractivity contribution is 5.57. The van der Waals surface area contributed by atoms with Crippen LogP contribution in [0.4, 0.5) is 10.1 Å². The average molecular weight is 200 g/mol. The lowest BCUT2D eigenvalue weighted by molar-refractivity contribution is 0.163. The number of aliphatic hydroxyl groups is 1. The maximum atomic E-state index is 12.8. The molecule has 1 rings (SSSR count). The summed E-state index contributed by atoms with van der Waals surface area (Å²) < 4.78 is 12.8. The van der Waals surface area contributed by atoms with Crippen molar-refractivity contribution in [1.82, 2.24) is 0 Å². The van der Waals surface area contributed by atoms with Gasteiger partial charge < -0.3 is 21.7 Å². The van der Waals surface area contributed by atoms with E-state index >= 15 is 0 Å². The van der Waals surface area contributed by atoms with E-state index in [4.69, 9.17) is 11.5 Å². The minimum atomic E-state index is -0.842. The summed E-state index contributed by atoms with van der Waals surface area (Å²) in [5.41, 5.74) is 10.7. The van der Waals surface area contributed by atoms with E-state index in [1.165, 1.54) is 13.0 Å². The maximum absolute atomic E-state index is 12.8. The Morgan fingerprint density at radius 2 is 2.00 bits per heavy atom. The second-order valence-electron chi connectivity index (χ2n) is 3.17. The molecule has 0 aliphatic heterocycles. The number of aliphatic hydroxyl groups excluding tert-OH is 1. The van der Waals surface area contributed by atoms with Crippen LogP contribution in [0, 0.1) is 5.82 Å². The van der Waals surface area contributed by atoms with E-state index in [9.17, 15) is 14.6 Å². The van der Waals surface area contributed by atoms with Gasteiger partial charge in [0.1, 0.15) is 17.3 Å². The van der Waals surface area contributed by atoms with Gasteiger partial charge in [-0.05, 0) is 13.0 Å². The number of hydrogen-bond donors (Lipinski definition) is 4. The minimum Gasteiger partial charge on any atom is -0.505 e. The van der Waals surface area contributed by atoms with E-state index in [-0.39, 0.29) is 11.3 Å². The summed E-state index contributed by atoms with van der Waals surface area (Å²) in [5, 5.41) is 18.6. The summed E-state index contributed by atoms with van der Waals surface area (Å²) in [4.78, 5) is 0. The van der Waals surface area contributed by atoms with Gasteiger partial charge in [-0.3, -0.25) is 0 Å². The standard InChI is InChI=1S/C9H13FN2O2/c1-4(13)7(11)5-2-3-6(10)8(12)9(5)14/h2-4,7,13-14H,11-12H2,1H3/t4?,7-/m1/s1. The predicted octanol–water partition coefficient (Wildman–Crippen LogP) is 0.494. The first kappa shape index (κ1) is 10.7. The minimum absolute atomic E-state index is 0.235. The Balaban J connectivity index is 3.17. The summed E-state index contributed by atoms with van der Waals surface area (Å²) >= 11 is 0. The molecule has 0 radical (unpaired) electrons. The Kier molecular flexibility index (Phi) is 2.93. The third-order valence-electron chi connectivity index (χ3n) is 2.07. The number of halogens is 1. The van der Waals surface area contributed by atoms with Crippen LogP contribution in [0.3, 0.4) is 0 Å². The van der Waals surface area contributed by atoms with Gasteiger partial charge in [-0.25, -0.2) is 4.39 Å². The fourth-order valence-corrected chi connectivity index (χ4v) is 1.13. The fraction of sp³-hybridized carbons (Fsp3) is 0.333. The zero-order valence-electron chi connectivity index (χ0n) is 7.74. The second kappa shape index (κ2) is 3.81. The number of aromatic hydroxyl groups is 1. The van der Waals surface area contributed by atoms with E-state index in [0.717, 1.165) is 6.07 Å². The number of phenols is 1. The largest absolute Gasteiger partial charge is 0.505 e. The SMILES string of the molecule is CC(O)[C@@H](N)c1ccc(F)c(N)c1O. The van der Waals surface area contributed by atoms with E-state index in [1.54, 1.807) is 0 Å². The van der Waals surface area contributed by atoms with Crippen LogP contribution < -0.4 is 11.5 Å². The first-order valence-corrected chi connectivity index (χ1v) is 4.15. The van der Waals surface area contributed by atoms with Gasteiger partial charge in [0.25, 0.3) is 0 Å². The topological polar surface area (TPSA) is 92.5 Å². The summed E-state index contributed by atoms with van der Waals surface area (Å²) in [6.45, 7) is 1.48. The molecule has 0 amide bonds. The fourth-order valence-electron chi connectivity index (χ4n) is 1.13. The molecule has 0 aliphatic rings. The summed E-state index contributed by atoms with van der Waals surface area (Å²) in [6.07, 6.45) is -0.842. The molecule has 0 aromatic heterocycles. The third-order valence-corrected chi connectivity index (χ3v) is 2.07. The molecule has 0 aliphatic carbocycles. The number of anilines is 1. The van der Waals surface area contributed by atoms with Crippen LogP contribution in [0.1, 0.15) is 18.5 Å². The molecular formula is C9H13FN2O2. The molecule has 0 heterocycles. The van der Waals surface area contributed by atoms with Crippen LogP contribution in [-0.4, -0.2) is 16.3 Å². The molecule has 5 heteroatoms. The van der Waals surface area contributed by atoms with Crippen molar-refractivity contribution in [3.63, 3.8) is 0 Å². The number of phenolic OH excluding ortho intramolecular Hbond substituents is 1. The Hall–Kier alpha value is -1.33. The molecular weight excluding hydrogens is 187 g/mol. The smallest absolute Gasteiger partial charge is 0.149 e. The van der Waals surface area contributed by atoms with Gasteiger partial charge in [0.15, 0.2) is 0 Å². The molecule has 0 saturated heterocycles. The lowest BCUT2D eigenvalue weighted by atomic mass is 10.0. The number of benzene rings is 1. The second-order valence-corrected chi connectivity index (χ2v) is 3.17. The molecule has 4 nitrogen and oxygen atoms in total. The van der Waals surface area contributed by atoms with Gasteiger partial charge in [0.05, 0.1) is 12.1 Å². The number of rotatable bonds is 2. The molecule has 1 unspecified atom stereocenters. The molecule has 1 aromatic rings. The van der Waals surface area contributed by atoms with Crippen LogP contribution in [0.2, 0.25) is 0 Å². The molecule has 1 aromatic carbocycles. The molecule has 0 bridgehead atoms. The lowest BCUT2D eigenvalue weighted by Gasteiger charge is -2.17. The highest BCUT2D eigenvalue weighted by atomic mass is 19.1. The quantitative estimate of drug-likeness (QED) is 0.413. The maximum Gasteiger partial charge on any atom is 0.149 e. The van der Waals surface area contributed by atoms with Gasteiger partial charge >= 0.3 is 0 Å². The molecule has 0 fully saturated rings. The van der Waals surface area contributed by atoms with Gasteiger partial charge in [-0.1, -0.05) is 6.07 Å². The van der Waals surface area contributed by atoms with Gasteiger partial charge in [-0.2, -0.15) is 0 Å². The normalized spacial score (nSPS) is 15.1. The highest BCUT2D eigenvalue weighted by Gasteiger charge is 2.18. The van der Waals surface area contributed by atoms with Crippen molar-refractivity contribution >= 4 is 5.69 Å². The number of nitrogens with two attached hydrogens (primary N) is 2. The Bertz CT molecular complexity index is 342. The summed E-state index contributed by atoms with van der Waals surface area (Å²) in [7, 11) is 0. The Morgan fingerprint density at radius 3 is 2.50 bits per heavy atom.